The molecule has 136 valence electrons. The molecule has 1 saturated heterocycles. The number of benzene rings is 1. The van der Waals surface area contributed by atoms with E-state index in [1.165, 1.54) is 0 Å². The number of ether oxygens (including phenoxy) is 1. The molecule has 5 nitrogen and oxygen atoms in total. The normalized spacial score (nSPS) is 19.0. The van der Waals surface area contributed by atoms with Crippen LogP contribution >= 0.6 is 0 Å². The Hall–Kier alpha value is -2.30. The van der Waals surface area contributed by atoms with Gasteiger partial charge in [0, 0.05) is 36.0 Å². The van der Waals surface area contributed by atoms with E-state index in [-0.39, 0.29) is 18.6 Å². The molecule has 1 aromatic carbocycles. The summed E-state index contributed by atoms with van der Waals surface area (Å²) in [6, 6.07) is 9.67. The topological polar surface area (TPSA) is 65.4 Å². The maximum Gasteiger partial charge on any atom is 0.410 e. The van der Waals surface area contributed by atoms with Crippen LogP contribution in [0.25, 0.3) is 0 Å². The van der Waals surface area contributed by atoms with Crippen LogP contribution in [0.15, 0.2) is 41.6 Å². The second kappa shape index (κ2) is 7.72. The maximum atomic E-state index is 12.6. The Morgan fingerprint density at radius 3 is 2.52 bits per heavy atom. The van der Waals surface area contributed by atoms with Crippen molar-refractivity contribution in [3.63, 3.8) is 0 Å². The van der Waals surface area contributed by atoms with E-state index in [1.54, 1.807) is 4.90 Å². The van der Waals surface area contributed by atoms with Gasteiger partial charge >= 0.3 is 6.09 Å². The van der Waals surface area contributed by atoms with Crippen molar-refractivity contribution in [3.8, 4) is 0 Å². The van der Waals surface area contributed by atoms with Crippen LogP contribution in [-0.4, -0.2) is 36.8 Å². The fourth-order valence-electron chi connectivity index (χ4n) is 3.24. The van der Waals surface area contributed by atoms with Gasteiger partial charge in [0.25, 0.3) is 0 Å². The monoisotopic (exact) mass is 343 g/mol. The van der Waals surface area contributed by atoms with Crippen molar-refractivity contribution in [1.29, 1.82) is 5.41 Å². The second-order valence-corrected chi connectivity index (χ2v) is 7.45. The first-order chi connectivity index (χ1) is 11.8. The minimum absolute atomic E-state index is 0.260. The summed E-state index contributed by atoms with van der Waals surface area (Å²) in [6.07, 6.45) is -0.332. The van der Waals surface area contributed by atoms with Gasteiger partial charge in [-0.1, -0.05) is 58.0 Å². The molecule has 1 aliphatic rings. The molecule has 0 radical (unpaired) electrons. The zero-order valence-corrected chi connectivity index (χ0v) is 15.8. The summed E-state index contributed by atoms with van der Waals surface area (Å²) in [5.74, 6) is 0.261. The lowest BCUT2D eigenvalue weighted by Crippen LogP contribution is -2.51. The van der Waals surface area contributed by atoms with Crippen LogP contribution in [0.4, 0.5) is 4.79 Å². The molecule has 0 unspecified atom stereocenters. The lowest BCUT2D eigenvalue weighted by molar-refractivity contribution is 0.0889. The molecule has 2 rings (SSSR count). The van der Waals surface area contributed by atoms with Crippen LogP contribution in [-0.2, 0) is 11.3 Å². The van der Waals surface area contributed by atoms with Crippen LogP contribution in [0.1, 0.15) is 33.3 Å². The van der Waals surface area contributed by atoms with E-state index in [0.29, 0.717) is 18.8 Å². The summed E-state index contributed by atoms with van der Waals surface area (Å²) >= 11 is 0. The number of nitrogens with one attached hydrogen (secondary N) is 2. The van der Waals surface area contributed by atoms with Crippen molar-refractivity contribution in [3.05, 3.63) is 47.2 Å². The number of allylic oxidation sites excluding steroid dienone is 1. The summed E-state index contributed by atoms with van der Waals surface area (Å²) < 4.78 is 5.49. The van der Waals surface area contributed by atoms with Crippen molar-refractivity contribution in [1.82, 2.24) is 10.2 Å². The fourth-order valence-corrected chi connectivity index (χ4v) is 3.24. The van der Waals surface area contributed by atoms with Crippen molar-refractivity contribution in [2.45, 2.75) is 34.3 Å². The molecule has 0 atom stereocenters. The van der Waals surface area contributed by atoms with Crippen molar-refractivity contribution >= 4 is 11.8 Å². The summed E-state index contributed by atoms with van der Waals surface area (Å²) in [4.78, 5) is 14.3. The highest BCUT2D eigenvalue weighted by molar-refractivity contribution is 6.04. The summed E-state index contributed by atoms with van der Waals surface area (Å²) in [7, 11) is 1.87. The van der Waals surface area contributed by atoms with E-state index >= 15 is 0 Å². The molecule has 0 bridgehead atoms. The lowest BCUT2D eigenvalue weighted by Gasteiger charge is -2.40. The molecule has 0 spiro atoms. The minimum atomic E-state index is -0.406. The van der Waals surface area contributed by atoms with Gasteiger partial charge in [-0.25, -0.2) is 4.79 Å². The zero-order valence-electron chi connectivity index (χ0n) is 15.8. The van der Waals surface area contributed by atoms with E-state index in [1.807, 2.05) is 51.2 Å². The molecule has 1 amide bonds. The molecule has 0 saturated carbocycles. The van der Waals surface area contributed by atoms with Gasteiger partial charge < -0.3 is 20.4 Å². The van der Waals surface area contributed by atoms with Crippen LogP contribution in [0, 0.1) is 16.7 Å². The standard InChI is InChI=1S/C20H29N3O2/c1-14(2)17(22-5)16-11-23(13-20(3,4)18(16)21)19(24)25-12-15-9-7-6-8-10-15/h6-10,14,21-22H,11-13H2,1-5H3/b17-16-,21-18?. The van der Waals surface area contributed by atoms with Crippen LogP contribution in [0.3, 0.4) is 0 Å². The number of hydrogen-bond acceptors (Lipinski definition) is 4. The maximum absolute atomic E-state index is 12.6. The molecule has 1 heterocycles. The second-order valence-electron chi connectivity index (χ2n) is 7.45. The molecular formula is C20H29N3O2. The van der Waals surface area contributed by atoms with Gasteiger partial charge in [0.15, 0.2) is 0 Å². The van der Waals surface area contributed by atoms with Gasteiger partial charge in [0.1, 0.15) is 6.61 Å². The third kappa shape index (κ3) is 4.41. The predicted molar refractivity (Wildman–Crippen MR) is 101 cm³/mol. The van der Waals surface area contributed by atoms with E-state index in [4.69, 9.17) is 10.1 Å². The predicted octanol–water partition coefficient (Wildman–Crippen LogP) is 3.81. The summed E-state index contributed by atoms with van der Waals surface area (Å²) in [6.45, 7) is 9.33. The summed E-state index contributed by atoms with van der Waals surface area (Å²) in [5.41, 5.74) is 3.06. The third-order valence-electron chi connectivity index (χ3n) is 4.55. The largest absolute Gasteiger partial charge is 0.445 e. The molecule has 0 aliphatic carbocycles. The molecule has 1 aliphatic heterocycles. The van der Waals surface area contributed by atoms with E-state index in [9.17, 15) is 4.79 Å². The average Bonchev–Trinajstić information content (AvgIpc) is 2.57. The molecule has 2 N–H and O–H groups in total. The summed E-state index contributed by atoms with van der Waals surface area (Å²) in [5, 5.41) is 11.8. The Bertz CT molecular complexity index is 663. The molecule has 0 aromatic heterocycles. The molecule has 5 heteroatoms. The first kappa shape index (κ1) is 19.0. The Kier molecular flexibility index (Phi) is 5.88. The average molecular weight is 343 g/mol. The number of rotatable bonds is 4. The smallest absolute Gasteiger partial charge is 0.410 e. The third-order valence-corrected chi connectivity index (χ3v) is 4.55. The number of hydrogen-bond donors (Lipinski definition) is 2. The SMILES string of the molecule is CN/C(=C1/CN(C(=O)OCc2ccccc2)CC(C)(C)C1=N)C(C)C. The highest BCUT2D eigenvalue weighted by Crippen LogP contribution is 2.31. The van der Waals surface area contributed by atoms with Crippen molar-refractivity contribution < 1.29 is 9.53 Å². The van der Waals surface area contributed by atoms with Gasteiger partial charge in [0.05, 0.1) is 6.54 Å². The van der Waals surface area contributed by atoms with Crippen LogP contribution in [0.5, 0.6) is 0 Å². The van der Waals surface area contributed by atoms with Gasteiger partial charge in [0.2, 0.25) is 0 Å². The number of piperidine rings is 1. The number of amides is 1. The molecule has 1 fully saturated rings. The van der Waals surface area contributed by atoms with Gasteiger partial charge in [-0.2, -0.15) is 0 Å². The van der Waals surface area contributed by atoms with Crippen LogP contribution < -0.4 is 5.32 Å². The van der Waals surface area contributed by atoms with E-state index < -0.39 is 5.41 Å². The Morgan fingerprint density at radius 2 is 1.96 bits per heavy atom. The van der Waals surface area contributed by atoms with E-state index in [2.05, 4.69) is 19.2 Å². The van der Waals surface area contributed by atoms with E-state index in [0.717, 1.165) is 16.8 Å². The number of nitrogens with zero attached hydrogens (tertiary/aromatic N) is 1. The molecular weight excluding hydrogens is 314 g/mol. The Labute approximate surface area is 150 Å². The Balaban J connectivity index is 2.18. The van der Waals surface area contributed by atoms with Gasteiger partial charge in [-0.05, 0) is 11.5 Å². The number of likely N-dealkylation sites (tertiary alicyclic amines) is 1. The van der Waals surface area contributed by atoms with Crippen molar-refractivity contribution in [2.24, 2.45) is 11.3 Å². The zero-order chi connectivity index (χ0) is 18.6. The van der Waals surface area contributed by atoms with Crippen molar-refractivity contribution in [2.75, 3.05) is 20.1 Å². The number of carbonyl (C=O) groups is 1. The van der Waals surface area contributed by atoms with Gasteiger partial charge in [-0.15, -0.1) is 0 Å². The number of carbonyl (C=O) groups excluding carboxylic acids is 1. The highest BCUT2D eigenvalue weighted by Gasteiger charge is 2.38. The van der Waals surface area contributed by atoms with Crippen LogP contribution in [0.2, 0.25) is 0 Å². The minimum Gasteiger partial charge on any atom is -0.445 e. The highest BCUT2D eigenvalue weighted by atomic mass is 16.6. The fraction of sp³-hybridized carbons (Fsp3) is 0.500. The Morgan fingerprint density at radius 1 is 1.32 bits per heavy atom. The lowest BCUT2D eigenvalue weighted by atomic mass is 9.78. The van der Waals surface area contributed by atoms with Gasteiger partial charge in [-0.3, -0.25) is 0 Å². The first-order valence-electron chi connectivity index (χ1n) is 8.72. The quantitative estimate of drug-likeness (QED) is 0.873. The molecule has 25 heavy (non-hydrogen) atoms. The first-order valence-corrected chi connectivity index (χ1v) is 8.72. The molecule has 1 aromatic rings.